The Morgan fingerprint density at radius 1 is 1.67 bits per heavy atom. The highest BCUT2D eigenvalue weighted by atomic mass is 35.5. The normalized spacial score (nSPS) is 23.7. The number of halogens is 1. The summed E-state index contributed by atoms with van der Waals surface area (Å²) in [5.41, 5.74) is 1.60. The van der Waals surface area contributed by atoms with Gasteiger partial charge in [0, 0.05) is 12.1 Å². The SMILES string of the molecule is Cc1cnc(Cl)c(NC(=O)C2CC2C)c1. The lowest BCUT2D eigenvalue weighted by atomic mass is 10.2. The van der Waals surface area contributed by atoms with Gasteiger partial charge in [-0.2, -0.15) is 0 Å². The topological polar surface area (TPSA) is 42.0 Å². The number of hydrogen-bond donors (Lipinski definition) is 1. The summed E-state index contributed by atoms with van der Waals surface area (Å²) >= 11 is 5.88. The molecule has 80 valence electrons. The van der Waals surface area contributed by atoms with Crippen LogP contribution in [0.4, 0.5) is 5.69 Å². The minimum Gasteiger partial charge on any atom is -0.323 e. The van der Waals surface area contributed by atoms with Crippen LogP contribution in [0.5, 0.6) is 0 Å². The maximum atomic E-state index is 11.7. The Kier molecular flexibility index (Phi) is 2.65. The number of carbonyl (C=O) groups excluding carboxylic acids is 1. The molecule has 15 heavy (non-hydrogen) atoms. The summed E-state index contributed by atoms with van der Waals surface area (Å²) in [5, 5.41) is 3.16. The number of anilines is 1. The largest absolute Gasteiger partial charge is 0.323 e. The van der Waals surface area contributed by atoms with Gasteiger partial charge < -0.3 is 5.32 Å². The molecule has 1 saturated carbocycles. The molecule has 0 radical (unpaired) electrons. The minimum atomic E-state index is 0.0526. The quantitative estimate of drug-likeness (QED) is 0.785. The van der Waals surface area contributed by atoms with E-state index in [2.05, 4.69) is 17.2 Å². The van der Waals surface area contributed by atoms with E-state index in [1.165, 1.54) is 0 Å². The Bertz CT molecular complexity index is 406. The molecular weight excluding hydrogens is 212 g/mol. The highest BCUT2D eigenvalue weighted by molar-refractivity contribution is 6.32. The zero-order valence-electron chi connectivity index (χ0n) is 8.75. The van der Waals surface area contributed by atoms with Crippen molar-refractivity contribution >= 4 is 23.2 Å². The van der Waals surface area contributed by atoms with Crippen molar-refractivity contribution in [2.75, 3.05) is 5.32 Å². The maximum absolute atomic E-state index is 11.7. The zero-order chi connectivity index (χ0) is 11.0. The standard InChI is InChI=1S/C11H13ClN2O/c1-6-3-9(10(12)13-5-6)14-11(15)8-4-7(8)2/h3,5,7-8H,4H2,1-2H3,(H,14,15). The van der Waals surface area contributed by atoms with E-state index in [1.807, 2.05) is 13.0 Å². The fraction of sp³-hybridized carbons (Fsp3) is 0.455. The second-order valence-electron chi connectivity index (χ2n) is 4.16. The number of hydrogen-bond acceptors (Lipinski definition) is 2. The van der Waals surface area contributed by atoms with Gasteiger partial charge in [0.05, 0.1) is 5.69 Å². The first-order valence-electron chi connectivity index (χ1n) is 5.01. The second-order valence-corrected chi connectivity index (χ2v) is 4.52. The first-order valence-corrected chi connectivity index (χ1v) is 5.38. The lowest BCUT2D eigenvalue weighted by Gasteiger charge is -2.06. The van der Waals surface area contributed by atoms with Crippen molar-refractivity contribution in [2.24, 2.45) is 11.8 Å². The summed E-state index contributed by atoms with van der Waals surface area (Å²) in [6, 6.07) is 1.83. The monoisotopic (exact) mass is 224 g/mol. The van der Waals surface area contributed by atoms with Crippen molar-refractivity contribution in [3.63, 3.8) is 0 Å². The molecule has 1 aliphatic rings. The van der Waals surface area contributed by atoms with Crippen molar-refractivity contribution in [1.29, 1.82) is 0 Å². The summed E-state index contributed by atoms with van der Waals surface area (Å²) in [4.78, 5) is 15.6. The summed E-state index contributed by atoms with van der Waals surface area (Å²) < 4.78 is 0. The first-order chi connectivity index (χ1) is 7.08. The highest BCUT2D eigenvalue weighted by Gasteiger charge is 2.39. The van der Waals surface area contributed by atoms with E-state index in [-0.39, 0.29) is 11.8 Å². The molecule has 1 amide bonds. The van der Waals surface area contributed by atoms with Gasteiger partial charge >= 0.3 is 0 Å². The van der Waals surface area contributed by atoms with Crippen LogP contribution >= 0.6 is 11.6 Å². The fourth-order valence-electron chi connectivity index (χ4n) is 1.55. The number of nitrogens with zero attached hydrogens (tertiary/aromatic N) is 1. The number of amides is 1. The highest BCUT2D eigenvalue weighted by Crippen LogP contribution is 2.38. The third-order valence-corrected chi connectivity index (χ3v) is 2.98. The van der Waals surface area contributed by atoms with Gasteiger partial charge in [-0.1, -0.05) is 18.5 Å². The average molecular weight is 225 g/mol. The molecule has 1 aromatic heterocycles. The van der Waals surface area contributed by atoms with Crippen LogP contribution in [-0.4, -0.2) is 10.9 Å². The van der Waals surface area contributed by atoms with E-state index in [1.54, 1.807) is 6.20 Å². The molecule has 2 unspecified atom stereocenters. The van der Waals surface area contributed by atoms with Crippen LogP contribution in [0.15, 0.2) is 12.3 Å². The van der Waals surface area contributed by atoms with Crippen LogP contribution in [0.2, 0.25) is 5.15 Å². The third-order valence-electron chi connectivity index (χ3n) is 2.68. The molecule has 2 rings (SSSR count). The molecule has 3 nitrogen and oxygen atoms in total. The zero-order valence-corrected chi connectivity index (χ0v) is 9.51. The van der Waals surface area contributed by atoms with Crippen LogP contribution in [0.3, 0.4) is 0 Å². The maximum Gasteiger partial charge on any atom is 0.227 e. The van der Waals surface area contributed by atoms with Crippen LogP contribution in [-0.2, 0) is 4.79 Å². The van der Waals surface area contributed by atoms with Crippen LogP contribution in [0.25, 0.3) is 0 Å². The molecule has 1 aliphatic carbocycles. The van der Waals surface area contributed by atoms with Gasteiger partial charge in [0.2, 0.25) is 5.91 Å². The fourth-order valence-corrected chi connectivity index (χ4v) is 1.70. The molecule has 0 spiro atoms. The number of aryl methyl sites for hydroxylation is 1. The van der Waals surface area contributed by atoms with Crippen LogP contribution in [0, 0.1) is 18.8 Å². The van der Waals surface area contributed by atoms with E-state index in [0.717, 1.165) is 12.0 Å². The molecule has 1 fully saturated rings. The predicted octanol–water partition coefficient (Wildman–Crippen LogP) is 2.64. The van der Waals surface area contributed by atoms with Gasteiger partial charge in [-0.3, -0.25) is 4.79 Å². The van der Waals surface area contributed by atoms with Crippen LogP contribution in [0.1, 0.15) is 18.9 Å². The van der Waals surface area contributed by atoms with Crippen molar-refractivity contribution in [3.05, 3.63) is 23.0 Å². The molecular formula is C11H13ClN2O. The Hall–Kier alpha value is -1.09. The van der Waals surface area contributed by atoms with E-state index in [0.29, 0.717) is 16.8 Å². The van der Waals surface area contributed by atoms with E-state index in [9.17, 15) is 4.79 Å². The lowest BCUT2D eigenvalue weighted by Crippen LogP contribution is -2.15. The Morgan fingerprint density at radius 3 is 2.93 bits per heavy atom. The number of aromatic nitrogens is 1. The molecule has 1 N–H and O–H groups in total. The van der Waals surface area contributed by atoms with Crippen molar-refractivity contribution in [3.8, 4) is 0 Å². The molecule has 4 heteroatoms. The Morgan fingerprint density at radius 2 is 2.33 bits per heavy atom. The Labute approximate surface area is 93.8 Å². The van der Waals surface area contributed by atoms with Gasteiger partial charge in [-0.25, -0.2) is 4.98 Å². The van der Waals surface area contributed by atoms with Gasteiger partial charge in [0.25, 0.3) is 0 Å². The van der Waals surface area contributed by atoms with E-state index in [4.69, 9.17) is 11.6 Å². The first kappa shape index (κ1) is 10.4. The number of nitrogens with one attached hydrogen (secondary N) is 1. The predicted molar refractivity (Wildman–Crippen MR) is 59.9 cm³/mol. The van der Waals surface area contributed by atoms with Gasteiger partial charge in [-0.15, -0.1) is 0 Å². The third kappa shape index (κ3) is 2.29. The molecule has 0 aliphatic heterocycles. The average Bonchev–Trinajstić information content (AvgIpc) is 2.89. The Balaban J connectivity index is 2.10. The summed E-state index contributed by atoms with van der Waals surface area (Å²) in [7, 11) is 0. The van der Waals surface area contributed by atoms with Crippen LogP contribution < -0.4 is 5.32 Å². The number of pyridine rings is 1. The number of carbonyl (C=O) groups is 1. The molecule has 2 atom stereocenters. The van der Waals surface area contributed by atoms with E-state index >= 15 is 0 Å². The van der Waals surface area contributed by atoms with E-state index < -0.39 is 0 Å². The second kappa shape index (κ2) is 3.81. The van der Waals surface area contributed by atoms with Gasteiger partial charge in [-0.05, 0) is 30.9 Å². The molecule has 0 aromatic carbocycles. The van der Waals surface area contributed by atoms with Crippen molar-refractivity contribution < 1.29 is 4.79 Å². The molecule has 0 bridgehead atoms. The minimum absolute atomic E-state index is 0.0526. The van der Waals surface area contributed by atoms with Crippen molar-refractivity contribution in [2.45, 2.75) is 20.3 Å². The summed E-state index contributed by atoms with van der Waals surface area (Å²) in [5.74, 6) is 0.708. The van der Waals surface area contributed by atoms with Gasteiger partial charge in [0.1, 0.15) is 0 Å². The molecule has 1 heterocycles. The smallest absolute Gasteiger partial charge is 0.227 e. The summed E-state index contributed by atoms with van der Waals surface area (Å²) in [6.45, 7) is 3.99. The molecule has 1 aromatic rings. The summed E-state index contributed by atoms with van der Waals surface area (Å²) in [6.07, 6.45) is 2.65. The van der Waals surface area contributed by atoms with Crippen molar-refractivity contribution in [1.82, 2.24) is 4.98 Å². The number of rotatable bonds is 2. The molecule has 0 saturated heterocycles. The lowest BCUT2D eigenvalue weighted by molar-refractivity contribution is -0.117. The van der Waals surface area contributed by atoms with Gasteiger partial charge in [0.15, 0.2) is 5.15 Å².